The Hall–Kier alpha value is -3.52. The van der Waals surface area contributed by atoms with E-state index in [0.717, 1.165) is 0 Å². The summed E-state index contributed by atoms with van der Waals surface area (Å²) in [5.74, 6) is -4.26. The molecule has 9 N–H and O–H groups in total. The number of carbonyl (C=O) groups is 5. The lowest BCUT2D eigenvalue weighted by Gasteiger charge is -2.28. The minimum absolute atomic E-state index is 0.194. The van der Waals surface area contributed by atoms with Crippen molar-refractivity contribution in [2.45, 2.75) is 75.5 Å². The molecular formula is C22H35N7O7. The van der Waals surface area contributed by atoms with Crippen molar-refractivity contribution in [3.8, 4) is 0 Å². The number of unbranched alkanes of at least 4 members (excludes halogenated alkanes) is 1. The van der Waals surface area contributed by atoms with Gasteiger partial charge in [0.2, 0.25) is 17.7 Å². The van der Waals surface area contributed by atoms with Crippen molar-refractivity contribution in [2.24, 2.45) is 11.5 Å². The molecule has 0 aromatic carbocycles. The number of nitrogens with one attached hydrogen (secondary N) is 3. The molecule has 14 heteroatoms. The number of aliphatic carboxylic acids is 2. The van der Waals surface area contributed by atoms with Gasteiger partial charge < -0.3 is 42.2 Å². The van der Waals surface area contributed by atoms with Crippen molar-refractivity contribution >= 4 is 29.7 Å². The third-order valence-corrected chi connectivity index (χ3v) is 5.99. The number of carboxylic acid groups (broad SMARTS) is 2. The van der Waals surface area contributed by atoms with Crippen LogP contribution in [0.15, 0.2) is 12.5 Å². The first-order chi connectivity index (χ1) is 17.1. The van der Waals surface area contributed by atoms with Crippen molar-refractivity contribution in [3.05, 3.63) is 18.2 Å². The molecule has 2 heterocycles. The number of hydrogen-bond donors (Lipinski definition) is 7. The average molecular weight is 510 g/mol. The van der Waals surface area contributed by atoms with Crippen molar-refractivity contribution in [3.63, 3.8) is 0 Å². The number of H-pyrrole nitrogens is 1. The van der Waals surface area contributed by atoms with E-state index in [1.165, 1.54) is 11.2 Å². The fourth-order valence-electron chi connectivity index (χ4n) is 4.06. The summed E-state index contributed by atoms with van der Waals surface area (Å²) < 4.78 is 0. The Morgan fingerprint density at radius 3 is 2.50 bits per heavy atom. The van der Waals surface area contributed by atoms with Crippen molar-refractivity contribution in [1.29, 1.82) is 0 Å². The first-order valence-corrected chi connectivity index (χ1v) is 11.9. The molecule has 1 aromatic heterocycles. The Balaban J connectivity index is 2.06. The minimum Gasteiger partial charge on any atom is -0.481 e. The topological polar surface area (TPSA) is 234 Å². The van der Waals surface area contributed by atoms with Gasteiger partial charge in [-0.25, -0.2) is 9.78 Å². The van der Waals surface area contributed by atoms with Gasteiger partial charge in [0.25, 0.3) is 0 Å². The summed E-state index contributed by atoms with van der Waals surface area (Å²) in [6.45, 7) is 0.714. The van der Waals surface area contributed by atoms with E-state index in [1.807, 2.05) is 0 Å². The monoisotopic (exact) mass is 509 g/mol. The summed E-state index contributed by atoms with van der Waals surface area (Å²) in [7, 11) is 0. The number of hydrogen-bond acceptors (Lipinski definition) is 8. The van der Waals surface area contributed by atoms with E-state index in [1.54, 1.807) is 6.20 Å². The molecule has 1 aromatic rings. The van der Waals surface area contributed by atoms with Gasteiger partial charge >= 0.3 is 11.9 Å². The summed E-state index contributed by atoms with van der Waals surface area (Å²) in [6.07, 6.45) is 4.75. The number of nitrogens with zero attached hydrogens (tertiary/aromatic N) is 2. The predicted molar refractivity (Wildman–Crippen MR) is 126 cm³/mol. The number of imidazole rings is 1. The smallest absolute Gasteiger partial charge is 0.326 e. The standard InChI is InChI=1S/C22H35N7O7/c23-8-2-1-4-15(19(32)28-16(22(35)36)6-7-18(30)31)27-20(33)17-5-3-9-29(17)21(34)14(24)10-13-11-25-12-26-13/h11-12,14-17H,1-10,23-24H2,(H,25,26)(H,27,33)(H,28,32)(H,30,31)(H,35,36). The first kappa shape index (κ1) is 28.7. The molecule has 4 atom stereocenters. The lowest BCUT2D eigenvalue weighted by atomic mass is 10.1. The molecule has 0 saturated carbocycles. The fourth-order valence-corrected chi connectivity index (χ4v) is 4.06. The number of rotatable bonds is 15. The Morgan fingerprint density at radius 2 is 1.89 bits per heavy atom. The van der Waals surface area contributed by atoms with E-state index in [4.69, 9.17) is 16.6 Å². The number of aromatic amines is 1. The molecule has 0 spiro atoms. The van der Waals surface area contributed by atoms with E-state index < -0.39 is 60.2 Å². The summed E-state index contributed by atoms with van der Waals surface area (Å²) >= 11 is 0. The molecule has 1 aliphatic rings. The van der Waals surface area contributed by atoms with Crippen LogP contribution in [-0.4, -0.2) is 92.0 Å². The Kier molecular flexibility index (Phi) is 11.3. The lowest BCUT2D eigenvalue weighted by Crippen LogP contribution is -2.56. The van der Waals surface area contributed by atoms with Gasteiger partial charge in [0.1, 0.15) is 18.1 Å². The van der Waals surface area contributed by atoms with Crippen molar-refractivity contribution in [1.82, 2.24) is 25.5 Å². The van der Waals surface area contributed by atoms with E-state index in [9.17, 15) is 29.1 Å². The van der Waals surface area contributed by atoms with Crippen LogP contribution in [0.3, 0.4) is 0 Å². The van der Waals surface area contributed by atoms with Gasteiger partial charge in [-0.15, -0.1) is 0 Å². The molecule has 14 nitrogen and oxygen atoms in total. The lowest BCUT2D eigenvalue weighted by molar-refractivity contribution is -0.144. The molecule has 200 valence electrons. The normalized spacial score (nSPS) is 17.7. The third-order valence-electron chi connectivity index (χ3n) is 5.99. The second-order valence-electron chi connectivity index (χ2n) is 8.75. The summed E-state index contributed by atoms with van der Waals surface area (Å²) in [6, 6.07) is -4.20. The SMILES string of the molecule is NCCCCC(NC(=O)C1CCCN1C(=O)C(N)Cc1cnc[nH]1)C(=O)NC(CCC(=O)O)C(=O)O. The Labute approximate surface area is 208 Å². The van der Waals surface area contributed by atoms with Gasteiger partial charge in [0.05, 0.1) is 12.4 Å². The van der Waals surface area contributed by atoms with E-state index in [2.05, 4.69) is 20.6 Å². The van der Waals surface area contributed by atoms with Crippen LogP contribution >= 0.6 is 0 Å². The molecule has 2 rings (SSSR count). The molecule has 1 aliphatic heterocycles. The van der Waals surface area contributed by atoms with Crippen molar-refractivity contribution < 1.29 is 34.2 Å². The number of carbonyl (C=O) groups excluding carboxylic acids is 3. The van der Waals surface area contributed by atoms with E-state index in [0.29, 0.717) is 44.5 Å². The van der Waals surface area contributed by atoms with Crippen LogP contribution in [-0.2, 0) is 30.4 Å². The zero-order valence-corrected chi connectivity index (χ0v) is 20.0. The third kappa shape index (κ3) is 8.61. The van der Waals surface area contributed by atoms with Crippen LogP contribution in [0.2, 0.25) is 0 Å². The Bertz CT molecular complexity index is 909. The van der Waals surface area contributed by atoms with Crippen LogP contribution in [0.5, 0.6) is 0 Å². The first-order valence-electron chi connectivity index (χ1n) is 11.9. The van der Waals surface area contributed by atoms with Gasteiger partial charge in [-0.3, -0.25) is 19.2 Å². The molecule has 1 saturated heterocycles. The van der Waals surface area contributed by atoms with Gasteiger partial charge in [0.15, 0.2) is 0 Å². The molecule has 0 aliphatic carbocycles. The van der Waals surface area contributed by atoms with E-state index >= 15 is 0 Å². The Morgan fingerprint density at radius 1 is 1.14 bits per heavy atom. The van der Waals surface area contributed by atoms with Gasteiger partial charge in [-0.2, -0.15) is 0 Å². The van der Waals surface area contributed by atoms with Gasteiger partial charge in [-0.1, -0.05) is 0 Å². The van der Waals surface area contributed by atoms with Crippen LogP contribution in [0, 0.1) is 0 Å². The highest BCUT2D eigenvalue weighted by molar-refractivity contribution is 5.94. The zero-order chi connectivity index (χ0) is 26.7. The number of carboxylic acids is 2. The maximum atomic E-state index is 13.1. The number of nitrogens with two attached hydrogens (primary N) is 2. The highest BCUT2D eigenvalue weighted by Gasteiger charge is 2.38. The molecule has 0 bridgehead atoms. The van der Waals surface area contributed by atoms with Crippen LogP contribution in [0.1, 0.15) is 50.6 Å². The number of amides is 3. The second-order valence-corrected chi connectivity index (χ2v) is 8.75. The molecule has 0 radical (unpaired) electrons. The zero-order valence-electron chi connectivity index (χ0n) is 20.0. The van der Waals surface area contributed by atoms with E-state index in [-0.39, 0.29) is 19.3 Å². The number of likely N-dealkylation sites (tertiary alicyclic amines) is 1. The fraction of sp³-hybridized carbons (Fsp3) is 0.636. The minimum atomic E-state index is -1.42. The molecule has 1 fully saturated rings. The number of aromatic nitrogens is 2. The van der Waals surface area contributed by atoms with Crippen LogP contribution in [0.25, 0.3) is 0 Å². The molecule has 3 amide bonds. The average Bonchev–Trinajstić information content (AvgIpc) is 3.52. The molecule has 4 unspecified atom stereocenters. The summed E-state index contributed by atoms with van der Waals surface area (Å²) in [5, 5.41) is 23.1. The van der Waals surface area contributed by atoms with Crippen LogP contribution < -0.4 is 22.1 Å². The second kappa shape index (κ2) is 14.1. The summed E-state index contributed by atoms with van der Waals surface area (Å²) in [5.41, 5.74) is 12.3. The largest absolute Gasteiger partial charge is 0.481 e. The molecular weight excluding hydrogens is 474 g/mol. The predicted octanol–water partition coefficient (Wildman–Crippen LogP) is -1.68. The highest BCUT2D eigenvalue weighted by atomic mass is 16.4. The van der Waals surface area contributed by atoms with Gasteiger partial charge in [-0.05, 0) is 45.1 Å². The van der Waals surface area contributed by atoms with Gasteiger partial charge in [0, 0.05) is 31.3 Å². The maximum Gasteiger partial charge on any atom is 0.326 e. The quantitative estimate of drug-likeness (QED) is 0.133. The van der Waals surface area contributed by atoms with Crippen LogP contribution in [0.4, 0.5) is 0 Å². The summed E-state index contributed by atoms with van der Waals surface area (Å²) in [4.78, 5) is 69.4. The molecule has 36 heavy (non-hydrogen) atoms. The highest BCUT2D eigenvalue weighted by Crippen LogP contribution is 2.19. The maximum absolute atomic E-state index is 13.1. The van der Waals surface area contributed by atoms with Crippen molar-refractivity contribution in [2.75, 3.05) is 13.1 Å².